The Morgan fingerprint density at radius 3 is 2.29 bits per heavy atom. The summed E-state index contributed by atoms with van der Waals surface area (Å²) >= 11 is 5.83. The van der Waals surface area contributed by atoms with Crippen LogP contribution in [0, 0.1) is 5.92 Å². The molecule has 1 aliphatic heterocycles. The van der Waals surface area contributed by atoms with E-state index in [1.807, 2.05) is 0 Å². The van der Waals surface area contributed by atoms with Gasteiger partial charge in [0.2, 0.25) is 11.8 Å². The average molecular weight is 374 g/mol. The third kappa shape index (κ3) is 5.47. The Labute approximate surface area is 152 Å². The van der Waals surface area contributed by atoms with E-state index in [1.165, 1.54) is 0 Å². The Hall–Kier alpha value is -1.63. The van der Waals surface area contributed by atoms with E-state index in [1.54, 1.807) is 29.2 Å². The van der Waals surface area contributed by atoms with E-state index >= 15 is 0 Å². The average Bonchev–Trinajstić information content (AvgIpc) is 2.59. The van der Waals surface area contributed by atoms with Crippen molar-refractivity contribution < 1.29 is 14.4 Å². The maximum absolute atomic E-state index is 12.4. The Morgan fingerprint density at radius 1 is 1.17 bits per heavy atom. The lowest BCUT2D eigenvalue weighted by Crippen LogP contribution is -2.45. The zero-order valence-corrected chi connectivity index (χ0v) is 14.7. The van der Waals surface area contributed by atoms with Crippen molar-refractivity contribution in [3.05, 3.63) is 34.9 Å². The molecular formula is C16H21Cl2N3O3. The highest BCUT2D eigenvalue weighted by molar-refractivity contribution is 6.30. The first-order valence-electron chi connectivity index (χ1n) is 7.55. The van der Waals surface area contributed by atoms with E-state index in [0.717, 1.165) is 0 Å². The molecule has 8 heteroatoms. The van der Waals surface area contributed by atoms with E-state index < -0.39 is 0 Å². The van der Waals surface area contributed by atoms with E-state index in [2.05, 4.69) is 5.32 Å². The van der Waals surface area contributed by atoms with Gasteiger partial charge in [0.05, 0.1) is 13.1 Å². The number of ketones is 1. The number of nitrogens with one attached hydrogen (secondary N) is 1. The van der Waals surface area contributed by atoms with Gasteiger partial charge in [0.25, 0.3) is 0 Å². The van der Waals surface area contributed by atoms with Crippen LogP contribution in [0.5, 0.6) is 0 Å². The van der Waals surface area contributed by atoms with Crippen molar-refractivity contribution in [2.75, 3.05) is 26.2 Å². The summed E-state index contributed by atoms with van der Waals surface area (Å²) in [5.41, 5.74) is 5.82. The van der Waals surface area contributed by atoms with Gasteiger partial charge in [-0.1, -0.05) is 11.6 Å². The number of benzene rings is 1. The van der Waals surface area contributed by atoms with Gasteiger partial charge < -0.3 is 16.0 Å². The predicted molar refractivity (Wildman–Crippen MR) is 94.4 cm³/mol. The highest BCUT2D eigenvalue weighted by Crippen LogP contribution is 2.22. The molecule has 0 spiro atoms. The third-order valence-electron chi connectivity index (χ3n) is 3.97. The fourth-order valence-corrected chi connectivity index (χ4v) is 2.73. The number of nitrogens with zero attached hydrogens (tertiary/aromatic N) is 1. The summed E-state index contributed by atoms with van der Waals surface area (Å²) in [6.07, 6.45) is 1.25. The minimum atomic E-state index is -0.355. The van der Waals surface area contributed by atoms with Crippen molar-refractivity contribution in [1.29, 1.82) is 0 Å². The monoisotopic (exact) mass is 373 g/mol. The zero-order valence-electron chi connectivity index (χ0n) is 13.2. The second-order valence-corrected chi connectivity index (χ2v) is 5.94. The molecule has 1 aromatic carbocycles. The topological polar surface area (TPSA) is 92.5 Å². The summed E-state index contributed by atoms with van der Waals surface area (Å²) in [7, 11) is 0. The molecule has 6 nitrogen and oxygen atoms in total. The minimum absolute atomic E-state index is 0. The Balaban J connectivity index is 0.00000288. The summed E-state index contributed by atoms with van der Waals surface area (Å²) in [4.78, 5) is 37.1. The summed E-state index contributed by atoms with van der Waals surface area (Å²) < 4.78 is 0. The standard InChI is InChI=1S/C16H20ClN3O3.ClH/c17-13-3-1-11(2-4-13)16(23)12-5-7-20(8-6-12)15(22)10-19-14(21)9-18;/h1-4,12H,5-10,18H2,(H,19,21);1H. The SMILES string of the molecule is Cl.NCC(=O)NCC(=O)N1CCC(C(=O)c2ccc(Cl)cc2)CC1. The van der Waals surface area contributed by atoms with Crippen molar-refractivity contribution in [2.45, 2.75) is 12.8 Å². The molecule has 1 heterocycles. The molecule has 0 aliphatic carbocycles. The van der Waals surface area contributed by atoms with Crippen molar-refractivity contribution in [3.63, 3.8) is 0 Å². The molecule has 0 aromatic heterocycles. The zero-order chi connectivity index (χ0) is 16.8. The molecule has 24 heavy (non-hydrogen) atoms. The van der Waals surface area contributed by atoms with E-state index in [4.69, 9.17) is 17.3 Å². The van der Waals surface area contributed by atoms with E-state index in [9.17, 15) is 14.4 Å². The first-order chi connectivity index (χ1) is 11.0. The second-order valence-electron chi connectivity index (χ2n) is 5.51. The van der Waals surface area contributed by atoms with Gasteiger partial charge in [-0.2, -0.15) is 0 Å². The molecule has 3 N–H and O–H groups in total. The molecule has 1 fully saturated rings. The third-order valence-corrected chi connectivity index (χ3v) is 4.22. The van der Waals surface area contributed by atoms with Gasteiger partial charge in [-0.3, -0.25) is 14.4 Å². The summed E-state index contributed by atoms with van der Waals surface area (Å²) in [6, 6.07) is 6.86. The number of hydrogen-bond acceptors (Lipinski definition) is 4. The van der Waals surface area contributed by atoms with Gasteiger partial charge in [0.1, 0.15) is 0 Å². The normalized spacial score (nSPS) is 14.7. The predicted octanol–water partition coefficient (Wildman–Crippen LogP) is 1.26. The maximum atomic E-state index is 12.4. The van der Waals surface area contributed by atoms with Crippen molar-refractivity contribution >= 4 is 41.6 Å². The number of piperidine rings is 1. The molecule has 1 saturated heterocycles. The second kappa shape index (κ2) is 9.61. The molecule has 0 atom stereocenters. The Kier molecular flexibility index (Phi) is 8.18. The molecule has 2 rings (SSSR count). The number of hydrogen-bond donors (Lipinski definition) is 2. The largest absolute Gasteiger partial charge is 0.346 e. The van der Waals surface area contributed by atoms with Crippen molar-refractivity contribution in [1.82, 2.24) is 10.2 Å². The van der Waals surface area contributed by atoms with Crippen molar-refractivity contribution in [3.8, 4) is 0 Å². The number of amides is 2. The fourth-order valence-electron chi connectivity index (χ4n) is 2.60. The lowest BCUT2D eigenvalue weighted by atomic mass is 9.89. The number of halogens is 2. The number of carbonyl (C=O) groups is 3. The van der Waals surface area contributed by atoms with Crippen LogP contribution in [0.3, 0.4) is 0 Å². The number of rotatable bonds is 5. The molecule has 0 radical (unpaired) electrons. The first kappa shape index (κ1) is 20.4. The Morgan fingerprint density at radius 2 is 1.75 bits per heavy atom. The van der Waals surface area contributed by atoms with Gasteiger partial charge in [0.15, 0.2) is 5.78 Å². The lowest BCUT2D eigenvalue weighted by Gasteiger charge is -2.31. The van der Waals surface area contributed by atoms with Crippen molar-refractivity contribution in [2.24, 2.45) is 11.7 Å². The number of carbonyl (C=O) groups excluding carboxylic acids is 3. The van der Waals surface area contributed by atoms with Crippen LogP contribution in [0.4, 0.5) is 0 Å². The fraction of sp³-hybridized carbons (Fsp3) is 0.438. The highest BCUT2D eigenvalue weighted by atomic mass is 35.5. The van der Waals surface area contributed by atoms with Crippen LogP contribution in [-0.2, 0) is 9.59 Å². The van der Waals surface area contributed by atoms with Crippen LogP contribution >= 0.6 is 24.0 Å². The molecule has 2 amide bonds. The quantitative estimate of drug-likeness (QED) is 0.759. The molecular weight excluding hydrogens is 353 g/mol. The van der Waals surface area contributed by atoms with Gasteiger partial charge in [-0.05, 0) is 37.1 Å². The summed E-state index contributed by atoms with van der Waals surface area (Å²) in [5.74, 6) is -0.501. The minimum Gasteiger partial charge on any atom is -0.346 e. The number of likely N-dealkylation sites (tertiary alicyclic amines) is 1. The maximum Gasteiger partial charge on any atom is 0.241 e. The van der Waals surface area contributed by atoms with Gasteiger partial charge in [0, 0.05) is 29.6 Å². The van der Waals surface area contributed by atoms with Crippen LogP contribution < -0.4 is 11.1 Å². The molecule has 0 unspecified atom stereocenters. The number of Topliss-reactive ketones (excluding diaryl/α,β-unsaturated/α-hetero) is 1. The van der Waals surface area contributed by atoms with Crippen LogP contribution in [0.25, 0.3) is 0 Å². The van der Waals surface area contributed by atoms with Crippen LogP contribution in [0.1, 0.15) is 23.2 Å². The summed E-state index contributed by atoms with van der Waals surface area (Å²) in [6.45, 7) is 0.847. The van der Waals surface area contributed by atoms with Crippen LogP contribution in [0.15, 0.2) is 24.3 Å². The summed E-state index contributed by atoms with van der Waals surface area (Å²) in [5, 5.41) is 3.06. The van der Waals surface area contributed by atoms with Gasteiger partial charge in [-0.15, -0.1) is 12.4 Å². The smallest absolute Gasteiger partial charge is 0.241 e. The molecule has 1 aliphatic rings. The number of nitrogens with two attached hydrogens (primary N) is 1. The molecule has 132 valence electrons. The molecule has 1 aromatic rings. The van der Waals surface area contributed by atoms with E-state index in [-0.39, 0.29) is 49.0 Å². The lowest BCUT2D eigenvalue weighted by molar-refractivity contribution is -0.133. The Bertz CT molecular complexity index is 585. The van der Waals surface area contributed by atoms with Gasteiger partial charge in [-0.25, -0.2) is 0 Å². The molecule has 0 bridgehead atoms. The highest BCUT2D eigenvalue weighted by Gasteiger charge is 2.27. The first-order valence-corrected chi connectivity index (χ1v) is 7.93. The van der Waals surface area contributed by atoms with Crippen LogP contribution in [-0.4, -0.2) is 48.7 Å². The van der Waals surface area contributed by atoms with E-state index in [0.29, 0.717) is 36.5 Å². The van der Waals surface area contributed by atoms with Gasteiger partial charge >= 0.3 is 0 Å². The van der Waals surface area contributed by atoms with Crippen LogP contribution in [0.2, 0.25) is 5.02 Å². The molecule has 0 saturated carbocycles.